The van der Waals surface area contributed by atoms with Gasteiger partial charge in [-0.15, -0.1) is 0 Å². The normalized spacial score (nSPS) is 10.8. The molecule has 3 aromatic carbocycles. The molecule has 4 aromatic rings. The molecular formula is C27H25NO4. The van der Waals surface area contributed by atoms with Crippen LogP contribution >= 0.6 is 0 Å². The molecule has 0 aliphatic heterocycles. The van der Waals surface area contributed by atoms with Gasteiger partial charge in [0.05, 0.1) is 17.7 Å². The highest BCUT2D eigenvalue weighted by Gasteiger charge is 2.22. The Bertz CT molecular complexity index is 1270. The molecule has 0 amide bonds. The van der Waals surface area contributed by atoms with Gasteiger partial charge in [0, 0.05) is 22.3 Å². The Balaban J connectivity index is 1.74. The van der Waals surface area contributed by atoms with E-state index in [0.717, 1.165) is 27.8 Å². The van der Waals surface area contributed by atoms with E-state index in [1.54, 1.807) is 25.1 Å². The van der Waals surface area contributed by atoms with Gasteiger partial charge in [0.15, 0.2) is 12.4 Å². The number of benzene rings is 3. The summed E-state index contributed by atoms with van der Waals surface area (Å²) >= 11 is 0. The van der Waals surface area contributed by atoms with Gasteiger partial charge in [-0.1, -0.05) is 48.0 Å². The minimum atomic E-state index is -0.377. The molecule has 0 saturated carbocycles. The van der Waals surface area contributed by atoms with Crippen molar-refractivity contribution in [3.8, 4) is 11.4 Å². The number of ether oxygens (including phenoxy) is 2. The fraction of sp³-hybridized carbons (Fsp3) is 0.185. The van der Waals surface area contributed by atoms with Crippen LogP contribution in [0.5, 0.6) is 5.75 Å². The first-order valence-corrected chi connectivity index (χ1v) is 10.6. The lowest BCUT2D eigenvalue weighted by atomic mass is 10.1. The number of carbonyl (C=O) groups excluding carboxylic acids is 2. The highest BCUT2D eigenvalue weighted by Crippen LogP contribution is 2.32. The van der Waals surface area contributed by atoms with Crippen molar-refractivity contribution in [1.29, 1.82) is 0 Å². The molecule has 0 saturated heterocycles. The Morgan fingerprint density at radius 3 is 2.31 bits per heavy atom. The Morgan fingerprint density at radius 2 is 1.62 bits per heavy atom. The van der Waals surface area contributed by atoms with Gasteiger partial charge in [0.25, 0.3) is 0 Å². The molecule has 4 rings (SSSR count). The van der Waals surface area contributed by atoms with Crippen molar-refractivity contribution < 1.29 is 19.1 Å². The predicted octanol–water partition coefficient (Wildman–Crippen LogP) is 5.69. The number of hydrogen-bond donors (Lipinski definition) is 0. The molecule has 0 atom stereocenters. The molecule has 32 heavy (non-hydrogen) atoms. The van der Waals surface area contributed by atoms with Gasteiger partial charge in [0.1, 0.15) is 5.75 Å². The van der Waals surface area contributed by atoms with E-state index in [1.165, 1.54) is 0 Å². The molecule has 1 aromatic heterocycles. The lowest BCUT2D eigenvalue weighted by Gasteiger charge is -2.10. The number of esters is 1. The Hall–Kier alpha value is -3.86. The van der Waals surface area contributed by atoms with Crippen molar-refractivity contribution in [3.63, 3.8) is 0 Å². The van der Waals surface area contributed by atoms with Crippen LogP contribution in [-0.4, -0.2) is 29.5 Å². The molecule has 162 valence electrons. The summed E-state index contributed by atoms with van der Waals surface area (Å²) in [6, 6.07) is 22.7. The number of nitrogens with zero attached hydrogens (tertiary/aromatic N) is 1. The minimum absolute atomic E-state index is 0.0814. The molecular weight excluding hydrogens is 402 g/mol. The molecule has 0 bridgehead atoms. The van der Waals surface area contributed by atoms with E-state index in [4.69, 9.17) is 9.47 Å². The van der Waals surface area contributed by atoms with Crippen molar-refractivity contribution >= 4 is 22.7 Å². The van der Waals surface area contributed by atoms with E-state index in [-0.39, 0.29) is 25.0 Å². The van der Waals surface area contributed by atoms with Gasteiger partial charge < -0.3 is 14.0 Å². The summed E-state index contributed by atoms with van der Waals surface area (Å²) in [6.45, 7) is 5.94. The summed E-state index contributed by atoms with van der Waals surface area (Å²) in [4.78, 5) is 25.2. The number of carbonyl (C=O) groups is 2. The standard InChI is InChI=1S/C27H25NO4/c1-4-31-27(30)26-19(3)28(21-12-10-18(2)11-13-21)24-15-14-22(16-23(24)26)32-17-25(29)20-8-6-5-7-9-20/h5-16H,4,17H2,1-3H3. The summed E-state index contributed by atoms with van der Waals surface area (Å²) in [7, 11) is 0. The lowest BCUT2D eigenvalue weighted by Crippen LogP contribution is -2.11. The predicted molar refractivity (Wildman–Crippen MR) is 125 cm³/mol. The average Bonchev–Trinajstić information content (AvgIpc) is 3.10. The van der Waals surface area contributed by atoms with Crippen LogP contribution < -0.4 is 4.74 Å². The molecule has 0 N–H and O–H groups in total. The second-order valence-corrected chi connectivity index (χ2v) is 7.61. The van der Waals surface area contributed by atoms with Gasteiger partial charge in [-0.3, -0.25) is 4.79 Å². The summed E-state index contributed by atoms with van der Waals surface area (Å²) < 4.78 is 13.2. The monoisotopic (exact) mass is 427 g/mol. The molecule has 0 aliphatic carbocycles. The fourth-order valence-electron chi connectivity index (χ4n) is 3.83. The van der Waals surface area contributed by atoms with Crippen molar-refractivity contribution in [2.45, 2.75) is 20.8 Å². The summed E-state index contributed by atoms with van der Waals surface area (Å²) in [5.74, 6) is 0.0384. The molecule has 5 nitrogen and oxygen atoms in total. The van der Waals surface area contributed by atoms with Crippen LogP contribution in [0.15, 0.2) is 72.8 Å². The maximum atomic E-state index is 12.8. The van der Waals surface area contributed by atoms with E-state index >= 15 is 0 Å². The number of fused-ring (bicyclic) bond motifs is 1. The first-order valence-electron chi connectivity index (χ1n) is 10.6. The first-order chi connectivity index (χ1) is 15.5. The van der Waals surface area contributed by atoms with Crippen molar-refractivity contribution in [3.05, 3.63) is 95.2 Å². The number of hydrogen-bond acceptors (Lipinski definition) is 4. The zero-order valence-electron chi connectivity index (χ0n) is 18.4. The van der Waals surface area contributed by atoms with E-state index in [9.17, 15) is 9.59 Å². The van der Waals surface area contributed by atoms with Crippen molar-refractivity contribution in [1.82, 2.24) is 4.57 Å². The zero-order valence-corrected chi connectivity index (χ0v) is 18.4. The molecule has 0 spiro atoms. The number of aromatic nitrogens is 1. The van der Waals surface area contributed by atoms with E-state index in [2.05, 4.69) is 0 Å². The third-order valence-corrected chi connectivity index (χ3v) is 5.41. The molecule has 0 radical (unpaired) electrons. The highest BCUT2D eigenvalue weighted by atomic mass is 16.5. The Morgan fingerprint density at radius 1 is 0.906 bits per heavy atom. The van der Waals surface area contributed by atoms with Gasteiger partial charge in [-0.05, 0) is 51.1 Å². The third-order valence-electron chi connectivity index (χ3n) is 5.41. The Labute approximate surface area is 187 Å². The molecule has 0 fully saturated rings. The quantitative estimate of drug-likeness (QED) is 0.281. The first kappa shape index (κ1) is 21.4. The van der Waals surface area contributed by atoms with Crippen molar-refractivity contribution in [2.24, 2.45) is 0 Å². The van der Waals surface area contributed by atoms with E-state index < -0.39 is 0 Å². The lowest BCUT2D eigenvalue weighted by molar-refractivity contribution is 0.0527. The molecule has 0 unspecified atom stereocenters. The van der Waals surface area contributed by atoms with Crippen LogP contribution in [0.2, 0.25) is 0 Å². The van der Waals surface area contributed by atoms with Crippen LogP contribution in [-0.2, 0) is 4.74 Å². The number of Topliss-reactive ketones (excluding diaryl/α,β-unsaturated/α-hetero) is 1. The molecule has 1 heterocycles. The zero-order chi connectivity index (χ0) is 22.7. The third kappa shape index (κ3) is 4.14. The van der Waals surface area contributed by atoms with Gasteiger partial charge in [-0.25, -0.2) is 4.79 Å². The van der Waals surface area contributed by atoms with Crippen LogP contribution in [0.3, 0.4) is 0 Å². The maximum Gasteiger partial charge on any atom is 0.340 e. The van der Waals surface area contributed by atoms with Crippen LogP contribution in [0.4, 0.5) is 0 Å². The summed E-state index contributed by atoms with van der Waals surface area (Å²) in [5.41, 5.74) is 4.88. The van der Waals surface area contributed by atoms with E-state index in [1.807, 2.05) is 73.0 Å². The fourth-order valence-corrected chi connectivity index (χ4v) is 3.83. The van der Waals surface area contributed by atoms with Gasteiger partial charge in [-0.2, -0.15) is 0 Å². The smallest absolute Gasteiger partial charge is 0.340 e. The highest BCUT2D eigenvalue weighted by molar-refractivity contribution is 6.07. The Kier molecular flexibility index (Phi) is 6.08. The average molecular weight is 428 g/mol. The topological polar surface area (TPSA) is 57.5 Å². The van der Waals surface area contributed by atoms with Crippen LogP contribution in [0, 0.1) is 13.8 Å². The van der Waals surface area contributed by atoms with Gasteiger partial charge >= 0.3 is 5.97 Å². The maximum absolute atomic E-state index is 12.8. The SMILES string of the molecule is CCOC(=O)c1c(C)n(-c2ccc(C)cc2)c2ccc(OCC(=O)c3ccccc3)cc12. The van der Waals surface area contributed by atoms with E-state index in [0.29, 0.717) is 16.9 Å². The second kappa shape index (κ2) is 9.10. The summed E-state index contributed by atoms with van der Waals surface area (Å²) in [6.07, 6.45) is 0. The van der Waals surface area contributed by atoms with Gasteiger partial charge in [0.2, 0.25) is 0 Å². The minimum Gasteiger partial charge on any atom is -0.485 e. The second-order valence-electron chi connectivity index (χ2n) is 7.61. The molecule has 5 heteroatoms. The summed E-state index contributed by atoms with van der Waals surface area (Å²) in [5, 5.41) is 0.728. The van der Waals surface area contributed by atoms with Crippen LogP contribution in [0.1, 0.15) is 38.9 Å². The largest absolute Gasteiger partial charge is 0.485 e. The number of aryl methyl sites for hydroxylation is 1. The number of rotatable bonds is 7. The van der Waals surface area contributed by atoms with Crippen LogP contribution in [0.25, 0.3) is 16.6 Å². The molecule has 0 aliphatic rings. The number of ketones is 1. The van der Waals surface area contributed by atoms with Crippen molar-refractivity contribution in [2.75, 3.05) is 13.2 Å².